The molecule has 6 nitrogen and oxygen atoms in total. The summed E-state index contributed by atoms with van der Waals surface area (Å²) < 4.78 is 11.8. The van der Waals surface area contributed by atoms with Crippen molar-refractivity contribution in [2.24, 2.45) is 0 Å². The topological polar surface area (TPSA) is 70.4 Å². The van der Waals surface area contributed by atoms with Crippen molar-refractivity contribution in [3.8, 4) is 22.6 Å². The number of benzene rings is 2. The molecule has 2 aromatic heterocycles. The van der Waals surface area contributed by atoms with E-state index >= 15 is 0 Å². The Hall–Kier alpha value is -3.16. The van der Waals surface area contributed by atoms with Gasteiger partial charge >= 0.3 is 0 Å². The van der Waals surface area contributed by atoms with Gasteiger partial charge in [-0.25, -0.2) is 4.98 Å². The molecule has 4 aromatic rings. The van der Waals surface area contributed by atoms with E-state index in [1.807, 2.05) is 17.5 Å². The molecule has 0 saturated carbocycles. The number of aromatic nitrogens is 2. The van der Waals surface area contributed by atoms with Gasteiger partial charge in [0, 0.05) is 21.5 Å². The van der Waals surface area contributed by atoms with E-state index in [4.69, 9.17) is 21.1 Å². The molecule has 152 valence electrons. The lowest BCUT2D eigenvalue weighted by molar-refractivity contribution is 0.0970. The minimum atomic E-state index is -0.264. The summed E-state index contributed by atoms with van der Waals surface area (Å²) in [6.07, 6.45) is 1.41. The second-order valence-electron chi connectivity index (χ2n) is 6.51. The number of ether oxygens (including phenoxy) is 2. The molecular formula is C22H17ClN2O4S. The van der Waals surface area contributed by atoms with Crippen molar-refractivity contribution in [1.29, 1.82) is 0 Å². The number of ketones is 1. The fraction of sp³-hybridized carbons (Fsp3) is 0.136. The fourth-order valence-corrected chi connectivity index (χ4v) is 4.21. The fourth-order valence-electron chi connectivity index (χ4n) is 3.18. The van der Waals surface area contributed by atoms with E-state index < -0.39 is 0 Å². The summed E-state index contributed by atoms with van der Waals surface area (Å²) in [5.74, 6) is 0.745. The van der Waals surface area contributed by atoms with E-state index in [2.05, 4.69) is 4.98 Å². The van der Waals surface area contributed by atoms with Gasteiger partial charge in [-0.05, 0) is 35.9 Å². The first-order valence-corrected chi connectivity index (χ1v) is 10.3. The quantitative estimate of drug-likeness (QED) is 0.407. The monoisotopic (exact) mass is 440 g/mol. The Morgan fingerprint density at radius 2 is 1.83 bits per heavy atom. The highest BCUT2D eigenvalue weighted by Gasteiger charge is 2.16. The molecule has 2 heterocycles. The average molecular weight is 441 g/mol. The maximum absolute atomic E-state index is 13.1. The molecule has 0 amide bonds. The van der Waals surface area contributed by atoms with Crippen molar-refractivity contribution >= 4 is 38.9 Å². The van der Waals surface area contributed by atoms with E-state index in [0.717, 1.165) is 11.1 Å². The predicted octanol–water partition coefficient (Wildman–Crippen LogP) is 4.68. The van der Waals surface area contributed by atoms with Crippen molar-refractivity contribution in [3.63, 3.8) is 0 Å². The number of Topliss-reactive ketones (excluding diaryl/α,β-unsaturated/α-hetero) is 1. The van der Waals surface area contributed by atoms with Crippen LogP contribution in [0.5, 0.6) is 11.5 Å². The number of rotatable bonds is 6. The molecule has 2 aromatic carbocycles. The number of fused-ring (bicyclic) bond motifs is 1. The van der Waals surface area contributed by atoms with E-state index in [1.54, 1.807) is 30.3 Å². The highest BCUT2D eigenvalue weighted by atomic mass is 35.5. The zero-order valence-corrected chi connectivity index (χ0v) is 17.8. The van der Waals surface area contributed by atoms with Crippen LogP contribution in [0.3, 0.4) is 0 Å². The molecule has 0 N–H and O–H groups in total. The molecule has 0 aliphatic rings. The lowest BCUT2D eigenvalue weighted by atomic mass is 10.1. The molecule has 0 fully saturated rings. The third kappa shape index (κ3) is 3.69. The smallest absolute Gasteiger partial charge is 0.263 e. The lowest BCUT2D eigenvalue weighted by Crippen LogP contribution is -2.24. The number of thiophene rings is 1. The molecule has 0 aliphatic carbocycles. The number of hydrogen-bond acceptors (Lipinski definition) is 6. The first-order chi connectivity index (χ1) is 14.5. The van der Waals surface area contributed by atoms with E-state index in [0.29, 0.717) is 32.3 Å². The van der Waals surface area contributed by atoms with E-state index in [1.165, 1.54) is 36.5 Å². The Morgan fingerprint density at radius 3 is 2.53 bits per heavy atom. The molecule has 0 saturated heterocycles. The first-order valence-electron chi connectivity index (χ1n) is 8.99. The molecule has 0 unspecified atom stereocenters. The van der Waals surface area contributed by atoms with Crippen LogP contribution in [0.25, 0.3) is 21.3 Å². The van der Waals surface area contributed by atoms with Crippen LogP contribution in [-0.4, -0.2) is 29.6 Å². The summed E-state index contributed by atoms with van der Waals surface area (Å²) in [4.78, 5) is 30.9. The normalized spacial score (nSPS) is 10.9. The number of halogens is 1. The second kappa shape index (κ2) is 8.30. The lowest BCUT2D eigenvalue weighted by Gasteiger charge is -2.10. The molecular weight excluding hydrogens is 424 g/mol. The SMILES string of the molecule is COc1ccc(C(=O)Cn2cnc3scc(-c4ccc(Cl)cc4)c3c2=O)cc1OC. The molecule has 0 spiro atoms. The van der Waals surface area contributed by atoms with Gasteiger partial charge in [0.25, 0.3) is 5.56 Å². The van der Waals surface area contributed by atoms with Gasteiger partial charge in [0.15, 0.2) is 17.3 Å². The maximum atomic E-state index is 13.1. The van der Waals surface area contributed by atoms with Crippen LogP contribution in [0, 0.1) is 0 Å². The van der Waals surface area contributed by atoms with Gasteiger partial charge in [-0.15, -0.1) is 11.3 Å². The van der Waals surface area contributed by atoms with Gasteiger partial charge in [-0.3, -0.25) is 14.2 Å². The summed E-state index contributed by atoms with van der Waals surface area (Å²) in [7, 11) is 3.03. The van der Waals surface area contributed by atoms with Crippen molar-refractivity contribution in [2.45, 2.75) is 6.54 Å². The first kappa shape index (κ1) is 20.1. The van der Waals surface area contributed by atoms with Crippen molar-refractivity contribution < 1.29 is 14.3 Å². The molecule has 30 heavy (non-hydrogen) atoms. The van der Waals surface area contributed by atoms with Crippen LogP contribution in [0.4, 0.5) is 0 Å². The number of carbonyl (C=O) groups is 1. The summed E-state index contributed by atoms with van der Waals surface area (Å²) in [5, 5.41) is 3.00. The van der Waals surface area contributed by atoms with Gasteiger partial charge in [-0.2, -0.15) is 0 Å². The third-order valence-corrected chi connectivity index (χ3v) is 5.87. The number of nitrogens with zero attached hydrogens (tertiary/aromatic N) is 2. The highest BCUT2D eigenvalue weighted by molar-refractivity contribution is 7.17. The maximum Gasteiger partial charge on any atom is 0.263 e. The Morgan fingerprint density at radius 1 is 1.10 bits per heavy atom. The highest BCUT2D eigenvalue weighted by Crippen LogP contribution is 2.31. The van der Waals surface area contributed by atoms with E-state index in [9.17, 15) is 9.59 Å². The average Bonchev–Trinajstić information content (AvgIpc) is 3.20. The summed E-state index contributed by atoms with van der Waals surface area (Å²) >= 11 is 7.36. The van der Waals surface area contributed by atoms with Gasteiger partial charge in [-0.1, -0.05) is 23.7 Å². The molecule has 0 aliphatic heterocycles. The Balaban J connectivity index is 1.71. The minimum Gasteiger partial charge on any atom is -0.493 e. The van der Waals surface area contributed by atoms with Crippen LogP contribution in [0.1, 0.15) is 10.4 Å². The molecule has 0 bridgehead atoms. The Kier molecular flexibility index (Phi) is 5.57. The predicted molar refractivity (Wildman–Crippen MR) is 118 cm³/mol. The van der Waals surface area contributed by atoms with Gasteiger partial charge in [0.2, 0.25) is 0 Å². The summed E-state index contributed by atoms with van der Waals surface area (Å²) in [5.41, 5.74) is 1.80. The standard InChI is InChI=1S/C22H17ClN2O4S/c1-28-18-8-5-14(9-19(18)29-2)17(26)10-25-12-24-21-20(22(25)27)16(11-30-21)13-3-6-15(23)7-4-13/h3-9,11-12H,10H2,1-2H3. The van der Waals surface area contributed by atoms with Gasteiger partial charge < -0.3 is 9.47 Å². The van der Waals surface area contributed by atoms with E-state index in [-0.39, 0.29) is 17.9 Å². The van der Waals surface area contributed by atoms with Gasteiger partial charge in [0.05, 0.1) is 32.5 Å². The molecule has 8 heteroatoms. The Bertz CT molecular complexity index is 1290. The van der Waals surface area contributed by atoms with Crippen LogP contribution in [0.15, 0.2) is 59.0 Å². The van der Waals surface area contributed by atoms with Gasteiger partial charge in [0.1, 0.15) is 4.83 Å². The van der Waals surface area contributed by atoms with Crippen molar-refractivity contribution in [2.75, 3.05) is 14.2 Å². The minimum absolute atomic E-state index is 0.132. The number of hydrogen-bond donors (Lipinski definition) is 0. The van der Waals surface area contributed by atoms with Crippen LogP contribution < -0.4 is 15.0 Å². The number of methoxy groups -OCH3 is 2. The number of carbonyl (C=O) groups excluding carboxylic acids is 1. The molecule has 4 rings (SSSR count). The molecule has 0 atom stereocenters. The summed E-state index contributed by atoms with van der Waals surface area (Å²) in [6.45, 7) is -0.132. The molecule has 0 radical (unpaired) electrons. The van der Waals surface area contributed by atoms with Crippen molar-refractivity contribution in [3.05, 3.63) is 75.1 Å². The van der Waals surface area contributed by atoms with Crippen LogP contribution in [-0.2, 0) is 6.54 Å². The zero-order chi connectivity index (χ0) is 21.3. The van der Waals surface area contributed by atoms with Crippen LogP contribution >= 0.6 is 22.9 Å². The zero-order valence-electron chi connectivity index (χ0n) is 16.2. The Labute approximate surface area is 181 Å². The van der Waals surface area contributed by atoms with Crippen molar-refractivity contribution in [1.82, 2.24) is 9.55 Å². The third-order valence-electron chi connectivity index (χ3n) is 4.74. The second-order valence-corrected chi connectivity index (χ2v) is 7.80. The summed E-state index contributed by atoms with van der Waals surface area (Å²) in [6, 6.07) is 12.2. The van der Waals surface area contributed by atoms with Crippen LogP contribution in [0.2, 0.25) is 5.02 Å². The largest absolute Gasteiger partial charge is 0.493 e.